The number of carbonyl (C=O) groups is 1. The molecule has 0 aliphatic heterocycles. The van der Waals surface area contributed by atoms with E-state index in [1.807, 2.05) is 25.1 Å². The van der Waals surface area contributed by atoms with E-state index < -0.39 is 17.6 Å². The molecule has 3 rings (SSSR count). The third kappa shape index (κ3) is 3.83. The van der Waals surface area contributed by atoms with Crippen molar-refractivity contribution in [3.05, 3.63) is 70.1 Å². The lowest BCUT2D eigenvalue weighted by molar-refractivity contribution is 0.0438. The Bertz CT molecular complexity index is 943. The molecule has 0 saturated carbocycles. The number of aryl methyl sites for hydroxylation is 1. The molecule has 5 nitrogen and oxygen atoms in total. The summed E-state index contributed by atoms with van der Waals surface area (Å²) in [5.41, 5.74) is 1.46. The van der Waals surface area contributed by atoms with Crippen LogP contribution < -0.4 is 0 Å². The van der Waals surface area contributed by atoms with Gasteiger partial charge in [0.05, 0.1) is 10.6 Å². The van der Waals surface area contributed by atoms with Gasteiger partial charge in [-0.15, -0.1) is 10.2 Å². The quantitative estimate of drug-likeness (QED) is 0.509. The number of rotatable bonds is 4. The van der Waals surface area contributed by atoms with Crippen LogP contribution in [0.5, 0.6) is 0 Å². The third-order valence-electron chi connectivity index (χ3n) is 3.29. The highest BCUT2D eigenvalue weighted by Crippen LogP contribution is 2.22. The highest BCUT2D eigenvalue weighted by atomic mass is 35.5. The largest absolute Gasteiger partial charge is 0.452 e. The summed E-state index contributed by atoms with van der Waals surface area (Å²) in [5, 5.41) is 7.40. The molecule has 25 heavy (non-hydrogen) atoms. The first-order valence-corrected chi connectivity index (χ1v) is 7.53. The molecule has 0 aliphatic rings. The summed E-state index contributed by atoms with van der Waals surface area (Å²) >= 11 is 5.72. The first-order valence-electron chi connectivity index (χ1n) is 7.15. The van der Waals surface area contributed by atoms with Crippen molar-refractivity contribution in [2.45, 2.75) is 13.5 Å². The van der Waals surface area contributed by atoms with Crippen molar-refractivity contribution >= 4 is 17.6 Å². The highest BCUT2D eigenvalue weighted by molar-refractivity contribution is 6.33. The molecule has 128 valence electrons. The number of nitrogens with zero attached hydrogens (tertiary/aromatic N) is 2. The number of hydrogen-bond acceptors (Lipinski definition) is 5. The van der Waals surface area contributed by atoms with Crippen LogP contribution in [-0.2, 0) is 11.3 Å². The molecule has 0 amide bonds. The lowest BCUT2D eigenvalue weighted by atomic mass is 10.1. The topological polar surface area (TPSA) is 65.2 Å². The number of ether oxygens (including phenoxy) is 1. The normalized spacial score (nSPS) is 10.7. The second kappa shape index (κ2) is 6.98. The van der Waals surface area contributed by atoms with Crippen LogP contribution in [0.3, 0.4) is 0 Å². The van der Waals surface area contributed by atoms with Crippen LogP contribution in [0.15, 0.2) is 40.8 Å². The molecule has 0 saturated heterocycles. The molecule has 0 atom stereocenters. The first kappa shape index (κ1) is 17.0. The Morgan fingerprint density at radius 1 is 1.20 bits per heavy atom. The van der Waals surface area contributed by atoms with Crippen LogP contribution in [0.2, 0.25) is 5.02 Å². The lowest BCUT2D eigenvalue weighted by Crippen LogP contribution is -2.07. The van der Waals surface area contributed by atoms with Gasteiger partial charge in [-0.25, -0.2) is 13.6 Å². The second-order valence-corrected chi connectivity index (χ2v) is 5.60. The molecule has 0 unspecified atom stereocenters. The predicted molar refractivity (Wildman–Crippen MR) is 85.0 cm³/mol. The van der Waals surface area contributed by atoms with Crippen LogP contribution in [0, 0.1) is 18.6 Å². The van der Waals surface area contributed by atoms with Gasteiger partial charge in [0, 0.05) is 5.56 Å². The van der Waals surface area contributed by atoms with Crippen LogP contribution in [0.1, 0.15) is 21.8 Å². The van der Waals surface area contributed by atoms with Crippen molar-refractivity contribution < 1.29 is 22.7 Å². The van der Waals surface area contributed by atoms with Crippen molar-refractivity contribution in [1.29, 1.82) is 0 Å². The minimum Gasteiger partial charge on any atom is -0.452 e. The van der Waals surface area contributed by atoms with Crippen LogP contribution in [0.25, 0.3) is 11.5 Å². The fourth-order valence-electron chi connectivity index (χ4n) is 2.09. The molecule has 2 aromatic carbocycles. The number of hydrogen-bond donors (Lipinski definition) is 0. The van der Waals surface area contributed by atoms with E-state index in [0.717, 1.165) is 11.1 Å². The Morgan fingerprint density at radius 3 is 2.72 bits per heavy atom. The van der Waals surface area contributed by atoms with Gasteiger partial charge in [0.2, 0.25) is 5.89 Å². The van der Waals surface area contributed by atoms with E-state index in [1.54, 1.807) is 6.07 Å². The maximum atomic E-state index is 13.2. The van der Waals surface area contributed by atoms with Crippen molar-refractivity contribution in [3.63, 3.8) is 0 Å². The van der Waals surface area contributed by atoms with Gasteiger partial charge in [-0.05, 0) is 31.2 Å². The summed E-state index contributed by atoms with van der Waals surface area (Å²) in [6, 6.07) is 8.82. The van der Waals surface area contributed by atoms with Crippen LogP contribution >= 0.6 is 11.6 Å². The van der Waals surface area contributed by atoms with E-state index in [4.69, 9.17) is 20.8 Å². The maximum absolute atomic E-state index is 13.2. The van der Waals surface area contributed by atoms with Gasteiger partial charge in [0.25, 0.3) is 5.89 Å². The summed E-state index contributed by atoms with van der Waals surface area (Å²) in [7, 11) is 0. The van der Waals surface area contributed by atoms with E-state index in [-0.39, 0.29) is 29.0 Å². The Balaban J connectivity index is 1.70. The Labute approximate surface area is 146 Å². The molecule has 1 aromatic heterocycles. The Morgan fingerprint density at radius 2 is 1.96 bits per heavy atom. The van der Waals surface area contributed by atoms with E-state index in [9.17, 15) is 13.6 Å². The van der Waals surface area contributed by atoms with Gasteiger partial charge in [-0.3, -0.25) is 0 Å². The zero-order valence-electron chi connectivity index (χ0n) is 12.9. The fraction of sp³-hybridized carbons (Fsp3) is 0.118. The van der Waals surface area contributed by atoms with E-state index >= 15 is 0 Å². The minimum absolute atomic E-state index is 0.0589. The van der Waals surface area contributed by atoms with E-state index in [1.165, 1.54) is 0 Å². The SMILES string of the molecule is Cc1cccc(-c2nnc(COC(=O)c3cc(F)c(F)cc3Cl)o2)c1. The average molecular weight is 365 g/mol. The molecular formula is C17H11ClF2N2O3. The lowest BCUT2D eigenvalue weighted by Gasteiger charge is -2.05. The van der Waals surface area contributed by atoms with Crippen molar-refractivity contribution in [2.24, 2.45) is 0 Å². The molecule has 8 heteroatoms. The second-order valence-electron chi connectivity index (χ2n) is 5.19. The molecule has 0 N–H and O–H groups in total. The van der Waals surface area contributed by atoms with Gasteiger partial charge in [0.15, 0.2) is 18.2 Å². The van der Waals surface area contributed by atoms with E-state index in [2.05, 4.69) is 10.2 Å². The van der Waals surface area contributed by atoms with Gasteiger partial charge >= 0.3 is 5.97 Å². The highest BCUT2D eigenvalue weighted by Gasteiger charge is 2.18. The van der Waals surface area contributed by atoms with Gasteiger partial charge < -0.3 is 9.15 Å². The number of halogens is 3. The molecule has 3 aromatic rings. The van der Waals surface area contributed by atoms with Crippen LogP contribution in [-0.4, -0.2) is 16.2 Å². The number of benzene rings is 2. The van der Waals surface area contributed by atoms with Gasteiger partial charge in [0.1, 0.15) is 0 Å². The maximum Gasteiger partial charge on any atom is 0.340 e. The summed E-state index contributed by atoms with van der Waals surface area (Å²) in [5.74, 6) is -2.94. The average Bonchev–Trinajstić information content (AvgIpc) is 3.05. The predicted octanol–water partition coefficient (Wildman–Crippen LogP) is 4.33. The molecule has 1 heterocycles. The molecule has 0 bridgehead atoms. The Hall–Kier alpha value is -2.80. The summed E-state index contributed by atoms with van der Waals surface area (Å²) in [6.45, 7) is 1.60. The monoisotopic (exact) mass is 364 g/mol. The number of carbonyl (C=O) groups excluding carboxylic acids is 1. The molecular weight excluding hydrogens is 354 g/mol. The summed E-state index contributed by atoms with van der Waals surface area (Å²) in [4.78, 5) is 11.9. The van der Waals surface area contributed by atoms with Crippen molar-refractivity contribution in [3.8, 4) is 11.5 Å². The van der Waals surface area contributed by atoms with Gasteiger partial charge in [-0.2, -0.15) is 0 Å². The van der Waals surface area contributed by atoms with Crippen LogP contribution in [0.4, 0.5) is 8.78 Å². The molecule has 0 radical (unpaired) electrons. The van der Waals surface area contributed by atoms with Crippen molar-refractivity contribution in [1.82, 2.24) is 10.2 Å². The van der Waals surface area contributed by atoms with Crippen molar-refractivity contribution in [2.75, 3.05) is 0 Å². The Kier molecular flexibility index (Phi) is 4.76. The molecule has 0 aliphatic carbocycles. The molecule has 0 spiro atoms. The van der Waals surface area contributed by atoms with E-state index in [0.29, 0.717) is 12.1 Å². The minimum atomic E-state index is -1.20. The van der Waals surface area contributed by atoms with Gasteiger partial charge in [-0.1, -0.05) is 29.3 Å². The number of esters is 1. The molecule has 0 fully saturated rings. The number of aromatic nitrogens is 2. The zero-order chi connectivity index (χ0) is 18.0. The third-order valence-corrected chi connectivity index (χ3v) is 3.60. The zero-order valence-corrected chi connectivity index (χ0v) is 13.7. The smallest absolute Gasteiger partial charge is 0.340 e. The fourth-order valence-corrected chi connectivity index (χ4v) is 2.32. The standard InChI is InChI=1S/C17H11ClF2N2O3/c1-9-3-2-4-10(5-9)16-22-21-15(25-16)8-24-17(23)11-6-13(19)14(20)7-12(11)18/h2-7H,8H2,1H3. The first-order chi connectivity index (χ1) is 11.9. The summed E-state index contributed by atoms with van der Waals surface area (Å²) < 4.78 is 36.6. The summed E-state index contributed by atoms with van der Waals surface area (Å²) in [6.07, 6.45) is 0.